The number of pyridine rings is 2. The number of hydrogen-bond acceptors (Lipinski definition) is 4. The molecule has 0 fully saturated rings. The molecule has 0 bridgehead atoms. The molecule has 3 rings (SSSR count). The SMILES string of the molecule is FC(F)(F)c1cc(C(F)(F)F)c2ccc(NN=CC=Cc3ccccc3)nc2n1. The van der Waals surface area contributed by atoms with Gasteiger partial charge < -0.3 is 0 Å². The molecular formula is C19H12F6N4. The molecule has 0 aliphatic carbocycles. The average Bonchev–Trinajstić information content (AvgIpc) is 2.66. The van der Waals surface area contributed by atoms with Crippen molar-refractivity contribution in [1.29, 1.82) is 0 Å². The zero-order valence-corrected chi connectivity index (χ0v) is 14.5. The maximum atomic E-state index is 13.1. The van der Waals surface area contributed by atoms with Crippen molar-refractivity contribution < 1.29 is 26.3 Å². The third kappa shape index (κ3) is 5.09. The Morgan fingerprint density at radius 2 is 1.59 bits per heavy atom. The lowest BCUT2D eigenvalue weighted by atomic mass is 10.1. The van der Waals surface area contributed by atoms with E-state index in [1.165, 1.54) is 12.3 Å². The second kappa shape index (κ2) is 7.90. The Hall–Kier alpha value is -3.43. The molecule has 10 heteroatoms. The van der Waals surface area contributed by atoms with Gasteiger partial charge in [0.05, 0.1) is 5.56 Å². The molecule has 150 valence electrons. The van der Waals surface area contributed by atoms with Crippen LogP contribution in [0.3, 0.4) is 0 Å². The Balaban J connectivity index is 1.87. The maximum absolute atomic E-state index is 13.1. The first-order chi connectivity index (χ1) is 13.6. The Bertz CT molecular complexity index is 1060. The van der Waals surface area contributed by atoms with Gasteiger partial charge in [0.25, 0.3) is 0 Å². The van der Waals surface area contributed by atoms with Gasteiger partial charge in [-0.2, -0.15) is 31.4 Å². The Morgan fingerprint density at radius 3 is 2.24 bits per heavy atom. The maximum Gasteiger partial charge on any atom is 0.433 e. The predicted molar refractivity (Wildman–Crippen MR) is 97.1 cm³/mol. The van der Waals surface area contributed by atoms with Gasteiger partial charge in [-0.15, -0.1) is 0 Å². The Morgan fingerprint density at radius 1 is 0.862 bits per heavy atom. The fraction of sp³-hybridized carbons (Fsp3) is 0.105. The fourth-order valence-corrected chi connectivity index (χ4v) is 2.41. The number of nitrogens with one attached hydrogen (secondary N) is 1. The lowest BCUT2D eigenvalue weighted by Crippen LogP contribution is -2.14. The molecule has 0 atom stereocenters. The molecule has 2 heterocycles. The predicted octanol–water partition coefficient (Wildman–Crippen LogP) is 5.78. The normalized spacial score (nSPS) is 12.9. The van der Waals surface area contributed by atoms with Gasteiger partial charge in [-0.1, -0.05) is 36.4 Å². The number of nitrogens with zero attached hydrogens (tertiary/aromatic N) is 3. The molecule has 29 heavy (non-hydrogen) atoms. The molecule has 4 nitrogen and oxygen atoms in total. The molecule has 0 saturated carbocycles. The molecule has 1 aromatic carbocycles. The standard InChI is InChI=1S/C19H12F6N4/c20-18(21,22)14-11-15(19(23,24)25)27-17-13(14)8-9-16(28-17)29-26-10-4-7-12-5-2-1-3-6-12/h1-11H,(H,27,28,29). The van der Waals surface area contributed by atoms with Crippen LogP contribution in [0.15, 0.2) is 59.7 Å². The monoisotopic (exact) mass is 410 g/mol. The van der Waals surface area contributed by atoms with Crippen molar-refractivity contribution in [3.8, 4) is 0 Å². The third-order valence-electron chi connectivity index (χ3n) is 3.70. The zero-order chi connectivity index (χ0) is 21.1. The smallest absolute Gasteiger partial charge is 0.261 e. The van der Waals surface area contributed by atoms with Crippen LogP contribution in [0.5, 0.6) is 0 Å². The van der Waals surface area contributed by atoms with Crippen molar-refractivity contribution in [2.75, 3.05) is 5.43 Å². The second-order valence-electron chi connectivity index (χ2n) is 5.78. The van der Waals surface area contributed by atoms with Crippen LogP contribution in [-0.4, -0.2) is 16.2 Å². The first-order valence-electron chi connectivity index (χ1n) is 8.11. The van der Waals surface area contributed by atoms with Gasteiger partial charge in [0.1, 0.15) is 11.5 Å². The van der Waals surface area contributed by atoms with Crippen LogP contribution in [0.2, 0.25) is 0 Å². The minimum Gasteiger partial charge on any atom is -0.261 e. The van der Waals surface area contributed by atoms with Crippen LogP contribution in [0.4, 0.5) is 32.2 Å². The van der Waals surface area contributed by atoms with Crippen LogP contribution < -0.4 is 5.43 Å². The van der Waals surface area contributed by atoms with E-state index in [2.05, 4.69) is 20.5 Å². The zero-order valence-electron chi connectivity index (χ0n) is 14.5. The summed E-state index contributed by atoms with van der Waals surface area (Å²) in [5, 5.41) is 3.27. The van der Waals surface area contributed by atoms with Crippen LogP contribution in [0.1, 0.15) is 16.8 Å². The van der Waals surface area contributed by atoms with Crippen molar-refractivity contribution >= 4 is 29.1 Å². The summed E-state index contributed by atoms with van der Waals surface area (Å²) < 4.78 is 78.2. The summed E-state index contributed by atoms with van der Waals surface area (Å²) >= 11 is 0. The van der Waals surface area contributed by atoms with E-state index in [9.17, 15) is 26.3 Å². The summed E-state index contributed by atoms with van der Waals surface area (Å²) in [7, 11) is 0. The van der Waals surface area contributed by atoms with Gasteiger partial charge in [-0.3, -0.25) is 5.43 Å². The van der Waals surface area contributed by atoms with E-state index in [-0.39, 0.29) is 11.9 Å². The summed E-state index contributed by atoms with van der Waals surface area (Å²) in [6.45, 7) is 0. The first-order valence-corrected chi connectivity index (χ1v) is 8.11. The van der Waals surface area contributed by atoms with Crippen molar-refractivity contribution in [3.63, 3.8) is 0 Å². The van der Waals surface area contributed by atoms with Crippen molar-refractivity contribution in [2.24, 2.45) is 5.10 Å². The number of hydrazone groups is 1. The topological polar surface area (TPSA) is 50.2 Å². The minimum atomic E-state index is -5.04. The van der Waals surface area contributed by atoms with E-state index in [0.717, 1.165) is 11.6 Å². The van der Waals surface area contributed by atoms with Gasteiger partial charge in [0.2, 0.25) is 0 Å². The van der Waals surface area contributed by atoms with Gasteiger partial charge in [-0.05, 0) is 29.8 Å². The van der Waals surface area contributed by atoms with Crippen molar-refractivity contribution in [2.45, 2.75) is 12.4 Å². The summed E-state index contributed by atoms with van der Waals surface area (Å²) in [6, 6.07) is 11.4. The number of aromatic nitrogens is 2. The molecule has 0 unspecified atom stereocenters. The van der Waals surface area contributed by atoms with Crippen LogP contribution >= 0.6 is 0 Å². The average molecular weight is 410 g/mol. The fourth-order valence-electron chi connectivity index (χ4n) is 2.41. The number of alkyl halides is 6. The minimum absolute atomic E-state index is 0.0242. The molecule has 0 aliphatic heterocycles. The van der Waals surface area contributed by atoms with E-state index in [1.807, 2.05) is 30.3 Å². The van der Waals surface area contributed by atoms with E-state index < -0.39 is 34.6 Å². The molecule has 0 saturated heterocycles. The number of rotatable bonds is 4. The van der Waals surface area contributed by atoms with Crippen LogP contribution in [0.25, 0.3) is 17.1 Å². The number of allylic oxidation sites excluding steroid dienone is 1. The molecule has 0 aliphatic rings. The summed E-state index contributed by atoms with van der Waals surface area (Å²) in [5.41, 5.74) is -0.447. The summed E-state index contributed by atoms with van der Waals surface area (Å²) in [6.07, 6.45) is -5.31. The van der Waals surface area contributed by atoms with E-state index in [4.69, 9.17) is 0 Å². The summed E-state index contributed by atoms with van der Waals surface area (Å²) in [4.78, 5) is 6.94. The largest absolute Gasteiger partial charge is 0.433 e. The Labute approximate surface area is 160 Å². The highest BCUT2D eigenvalue weighted by atomic mass is 19.4. The van der Waals surface area contributed by atoms with Gasteiger partial charge in [0.15, 0.2) is 5.65 Å². The lowest BCUT2D eigenvalue weighted by Gasteiger charge is -2.13. The molecule has 0 amide bonds. The highest BCUT2D eigenvalue weighted by Crippen LogP contribution is 2.38. The first kappa shape index (κ1) is 20.3. The number of fused-ring (bicyclic) bond motifs is 1. The highest BCUT2D eigenvalue weighted by Gasteiger charge is 2.39. The molecule has 2 aromatic heterocycles. The van der Waals surface area contributed by atoms with Crippen LogP contribution in [-0.2, 0) is 12.4 Å². The van der Waals surface area contributed by atoms with Crippen LogP contribution in [0, 0.1) is 0 Å². The van der Waals surface area contributed by atoms with Gasteiger partial charge >= 0.3 is 12.4 Å². The van der Waals surface area contributed by atoms with Gasteiger partial charge in [0, 0.05) is 11.6 Å². The number of benzene rings is 1. The molecule has 1 N–H and O–H groups in total. The van der Waals surface area contributed by atoms with E-state index >= 15 is 0 Å². The van der Waals surface area contributed by atoms with E-state index in [1.54, 1.807) is 12.2 Å². The number of hydrogen-bond donors (Lipinski definition) is 1. The van der Waals surface area contributed by atoms with Crippen molar-refractivity contribution in [3.05, 3.63) is 71.4 Å². The van der Waals surface area contributed by atoms with Gasteiger partial charge in [-0.25, -0.2) is 9.97 Å². The summed E-state index contributed by atoms with van der Waals surface area (Å²) in [5.74, 6) is -0.0539. The molecule has 0 radical (unpaired) electrons. The molecular weight excluding hydrogens is 398 g/mol. The number of anilines is 1. The number of halogens is 6. The van der Waals surface area contributed by atoms with E-state index in [0.29, 0.717) is 0 Å². The van der Waals surface area contributed by atoms with Crippen molar-refractivity contribution in [1.82, 2.24) is 9.97 Å². The molecule has 3 aromatic rings. The highest BCUT2D eigenvalue weighted by molar-refractivity contribution is 5.82. The quantitative estimate of drug-likeness (QED) is 0.337. The third-order valence-corrected chi connectivity index (χ3v) is 3.70. The second-order valence-corrected chi connectivity index (χ2v) is 5.78. The Kier molecular flexibility index (Phi) is 5.53. The lowest BCUT2D eigenvalue weighted by molar-refractivity contribution is -0.144. The molecule has 0 spiro atoms.